The van der Waals surface area contributed by atoms with Crippen molar-refractivity contribution in [1.82, 2.24) is 0 Å². The van der Waals surface area contributed by atoms with Crippen LogP contribution in [0, 0.1) is 11.3 Å². The second-order valence-electron chi connectivity index (χ2n) is 6.06. The SMILES string of the molecule is CCC[C@@]1(C)C[C@H](C)C[C@](C)([NH3+])C1.[Cl-]. The largest absolute Gasteiger partial charge is 1.00 e. The van der Waals surface area contributed by atoms with E-state index in [0.29, 0.717) is 11.0 Å². The lowest BCUT2D eigenvalue weighted by Crippen LogP contribution is -3.00. The van der Waals surface area contributed by atoms with Crippen LogP contribution in [-0.2, 0) is 0 Å². The topological polar surface area (TPSA) is 27.6 Å². The van der Waals surface area contributed by atoms with Gasteiger partial charge < -0.3 is 18.1 Å². The van der Waals surface area contributed by atoms with Crippen molar-refractivity contribution in [2.45, 2.75) is 65.3 Å². The maximum absolute atomic E-state index is 4.36. The summed E-state index contributed by atoms with van der Waals surface area (Å²) in [7, 11) is 0. The van der Waals surface area contributed by atoms with Crippen LogP contribution < -0.4 is 18.1 Å². The van der Waals surface area contributed by atoms with E-state index in [2.05, 4.69) is 33.4 Å². The Morgan fingerprint density at radius 1 is 1.29 bits per heavy atom. The summed E-state index contributed by atoms with van der Waals surface area (Å²) in [6.45, 7) is 9.47. The van der Waals surface area contributed by atoms with Crippen LogP contribution in [-0.4, -0.2) is 5.54 Å². The van der Waals surface area contributed by atoms with E-state index in [0.717, 1.165) is 5.92 Å². The van der Waals surface area contributed by atoms with Gasteiger partial charge in [0.05, 0.1) is 5.54 Å². The summed E-state index contributed by atoms with van der Waals surface area (Å²) in [5, 5.41) is 0. The number of hydrogen-bond acceptors (Lipinski definition) is 0. The molecule has 1 aliphatic rings. The average molecular weight is 220 g/mol. The van der Waals surface area contributed by atoms with Gasteiger partial charge in [0, 0.05) is 12.8 Å². The molecule has 2 heteroatoms. The lowest BCUT2D eigenvalue weighted by atomic mass is 9.63. The fraction of sp³-hybridized carbons (Fsp3) is 1.00. The number of hydrogen-bond donors (Lipinski definition) is 1. The van der Waals surface area contributed by atoms with Gasteiger partial charge in [0.1, 0.15) is 0 Å². The molecule has 3 N–H and O–H groups in total. The summed E-state index contributed by atoms with van der Waals surface area (Å²) in [6.07, 6.45) is 6.73. The summed E-state index contributed by atoms with van der Waals surface area (Å²) >= 11 is 0. The minimum atomic E-state index is 0. The molecule has 1 aliphatic carbocycles. The van der Waals surface area contributed by atoms with Gasteiger partial charge in [0.25, 0.3) is 0 Å². The Hall–Kier alpha value is 0.250. The van der Waals surface area contributed by atoms with Gasteiger partial charge >= 0.3 is 0 Å². The molecule has 0 aromatic heterocycles. The van der Waals surface area contributed by atoms with E-state index >= 15 is 0 Å². The fourth-order valence-corrected chi connectivity index (χ4v) is 3.72. The molecule has 0 aromatic rings. The van der Waals surface area contributed by atoms with E-state index in [9.17, 15) is 0 Å². The molecule has 1 rings (SSSR count). The van der Waals surface area contributed by atoms with Crippen LogP contribution in [0.15, 0.2) is 0 Å². The summed E-state index contributed by atoms with van der Waals surface area (Å²) < 4.78 is 0. The van der Waals surface area contributed by atoms with Gasteiger partial charge in [-0.25, -0.2) is 0 Å². The molecule has 0 aromatic carbocycles. The Balaban J connectivity index is 0.00000169. The Morgan fingerprint density at radius 3 is 2.29 bits per heavy atom. The Kier molecular flexibility index (Phi) is 4.94. The maximum atomic E-state index is 4.36. The first kappa shape index (κ1) is 14.2. The summed E-state index contributed by atoms with van der Waals surface area (Å²) in [5.74, 6) is 0.868. The molecule has 0 radical (unpaired) electrons. The van der Waals surface area contributed by atoms with Crippen molar-refractivity contribution in [3.8, 4) is 0 Å². The molecule has 0 aliphatic heterocycles. The van der Waals surface area contributed by atoms with Gasteiger partial charge in [-0.05, 0) is 31.1 Å². The number of quaternary nitrogens is 1. The van der Waals surface area contributed by atoms with E-state index in [1.54, 1.807) is 0 Å². The summed E-state index contributed by atoms with van der Waals surface area (Å²) in [5.41, 5.74) is 5.26. The molecule has 0 saturated heterocycles. The molecule has 0 spiro atoms. The van der Waals surface area contributed by atoms with Gasteiger partial charge in [0.2, 0.25) is 0 Å². The molecule has 1 fully saturated rings. The Morgan fingerprint density at radius 2 is 1.86 bits per heavy atom. The first-order valence-electron chi connectivity index (χ1n) is 5.72. The minimum Gasteiger partial charge on any atom is -1.00 e. The average Bonchev–Trinajstić information content (AvgIpc) is 1.78. The summed E-state index contributed by atoms with van der Waals surface area (Å²) in [4.78, 5) is 0. The molecule has 0 bridgehead atoms. The van der Waals surface area contributed by atoms with Gasteiger partial charge in [0.15, 0.2) is 0 Å². The standard InChI is InChI=1S/C12H25N.ClH/c1-5-6-11(3)7-10(2)8-12(4,13)9-11;/h10H,5-9,13H2,1-4H3;1H/t10-,11-,12-;/m0./s1. The second-order valence-corrected chi connectivity index (χ2v) is 6.06. The zero-order valence-corrected chi connectivity index (χ0v) is 11.0. The van der Waals surface area contributed by atoms with Crippen LogP contribution in [0.3, 0.4) is 0 Å². The van der Waals surface area contributed by atoms with Crippen molar-refractivity contribution in [3.63, 3.8) is 0 Å². The van der Waals surface area contributed by atoms with Gasteiger partial charge in [-0.3, -0.25) is 0 Å². The van der Waals surface area contributed by atoms with Crippen molar-refractivity contribution in [2.75, 3.05) is 0 Å². The van der Waals surface area contributed by atoms with Crippen LogP contribution in [0.25, 0.3) is 0 Å². The lowest BCUT2D eigenvalue weighted by Gasteiger charge is -2.43. The second kappa shape index (κ2) is 4.85. The van der Waals surface area contributed by atoms with E-state index < -0.39 is 0 Å². The molecule has 0 heterocycles. The van der Waals surface area contributed by atoms with Crippen LogP contribution in [0.4, 0.5) is 0 Å². The third-order valence-corrected chi connectivity index (χ3v) is 3.39. The normalized spacial score (nSPS) is 43.1. The van der Waals surface area contributed by atoms with Crippen LogP contribution in [0.1, 0.15) is 59.8 Å². The van der Waals surface area contributed by atoms with Crippen LogP contribution in [0.5, 0.6) is 0 Å². The third-order valence-electron chi connectivity index (χ3n) is 3.39. The van der Waals surface area contributed by atoms with E-state index in [1.807, 2.05) is 0 Å². The maximum Gasteiger partial charge on any atom is 0.0925 e. The molecule has 0 unspecified atom stereocenters. The molecular formula is C12H26ClN. The highest BCUT2D eigenvalue weighted by Gasteiger charge is 2.41. The molecular weight excluding hydrogens is 194 g/mol. The van der Waals surface area contributed by atoms with Crippen LogP contribution >= 0.6 is 0 Å². The molecule has 1 saturated carbocycles. The highest BCUT2D eigenvalue weighted by Crippen LogP contribution is 2.44. The van der Waals surface area contributed by atoms with Gasteiger partial charge in [-0.2, -0.15) is 0 Å². The van der Waals surface area contributed by atoms with E-state index in [-0.39, 0.29) is 12.4 Å². The van der Waals surface area contributed by atoms with Crippen molar-refractivity contribution in [3.05, 3.63) is 0 Å². The third kappa shape index (κ3) is 3.78. The zero-order chi connectivity index (χ0) is 10.1. The molecule has 86 valence electrons. The van der Waals surface area contributed by atoms with Crippen molar-refractivity contribution >= 4 is 0 Å². The van der Waals surface area contributed by atoms with E-state index in [1.165, 1.54) is 32.1 Å². The smallest absolute Gasteiger partial charge is 0.0925 e. The van der Waals surface area contributed by atoms with E-state index in [4.69, 9.17) is 0 Å². The molecule has 14 heavy (non-hydrogen) atoms. The highest BCUT2D eigenvalue weighted by atomic mass is 35.5. The Bertz CT molecular complexity index is 179. The summed E-state index contributed by atoms with van der Waals surface area (Å²) in [6, 6.07) is 0. The Labute approximate surface area is 95.2 Å². The first-order valence-corrected chi connectivity index (χ1v) is 5.72. The molecule has 3 atom stereocenters. The predicted octanol–water partition coefficient (Wildman–Crippen LogP) is -0.383. The predicted molar refractivity (Wildman–Crippen MR) is 57.3 cm³/mol. The number of rotatable bonds is 2. The fourth-order valence-electron chi connectivity index (χ4n) is 3.72. The quantitative estimate of drug-likeness (QED) is 0.656. The van der Waals surface area contributed by atoms with Crippen molar-refractivity contribution < 1.29 is 18.1 Å². The van der Waals surface area contributed by atoms with Crippen molar-refractivity contribution in [1.29, 1.82) is 0 Å². The van der Waals surface area contributed by atoms with Gasteiger partial charge in [-0.1, -0.05) is 27.2 Å². The number of halogens is 1. The van der Waals surface area contributed by atoms with Crippen molar-refractivity contribution in [2.24, 2.45) is 11.3 Å². The zero-order valence-electron chi connectivity index (χ0n) is 10.2. The van der Waals surface area contributed by atoms with Crippen LogP contribution in [0.2, 0.25) is 0 Å². The minimum absolute atomic E-state index is 0. The van der Waals surface area contributed by atoms with Gasteiger partial charge in [-0.15, -0.1) is 0 Å². The first-order chi connectivity index (χ1) is 5.87. The molecule has 0 amide bonds. The molecule has 1 nitrogen and oxygen atoms in total. The monoisotopic (exact) mass is 219 g/mol. The lowest BCUT2D eigenvalue weighted by molar-refractivity contribution is -0.486. The highest BCUT2D eigenvalue weighted by molar-refractivity contribution is 4.91.